The van der Waals surface area contributed by atoms with E-state index in [4.69, 9.17) is 4.42 Å². The molecule has 21 heavy (non-hydrogen) atoms. The van der Waals surface area contributed by atoms with Crippen LogP contribution in [0.1, 0.15) is 16.1 Å². The summed E-state index contributed by atoms with van der Waals surface area (Å²) in [6.45, 7) is 1.88. The smallest absolute Gasteiger partial charge is 0.336 e. The molecule has 0 aliphatic carbocycles. The zero-order chi connectivity index (χ0) is 14.8. The average Bonchev–Trinajstić information content (AvgIpc) is 2.97. The van der Waals surface area contributed by atoms with Crippen LogP contribution in [0.2, 0.25) is 0 Å². The zero-order valence-corrected chi connectivity index (χ0v) is 11.1. The highest BCUT2D eigenvalue weighted by molar-refractivity contribution is 5.94. The van der Waals surface area contributed by atoms with Crippen LogP contribution in [0.25, 0.3) is 22.9 Å². The minimum atomic E-state index is -1.04. The second-order valence-electron chi connectivity index (χ2n) is 4.45. The van der Waals surface area contributed by atoms with Gasteiger partial charge in [-0.25, -0.2) is 4.79 Å². The molecule has 0 amide bonds. The molecule has 0 aliphatic heterocycles. The number of aromatic carboxylic acids is 1. The Bertz CT molecular complexity index is 794. The van der Waals surface area contributed by atoms with Gasteiger partial charge in [-0.15, -0.1) is 10.2 Å². The number of carbonyl (C=O) groups is 1. The number of hydrogen-bond donors (Lipinski definition) is 1. The lowest BCUT2D eigenvalue weighted by molar-refractivity contribution is 0.0697. The Morgan fingerprint density at radius 2 is 1.86 bits per heavy atom. The van der Waals surface area contributed by atoms with E-state index < -0.39 is 5.97 Å². The van der Waals surface area contributed by atoms with Gasteiger partial charge >= 0.3 is 5.97 Å². The van der Waals surface area contributed by atoms with E-state index in [2.05, 4.69) is 15.2 Å². The van der Waals surface area contributed by atoms with Gasteiger partial charge in [0.05, 0.1) is 16.7 Å². The maximum atomic E-state index is 11.2. The Kier molecular flexibility index (Phi) is 3.19. The van der Waals surface area contributed by atoms with Gasteiger partial charge in [0, 0.05) is 11.9 Å². The van der Waals surface area contributed by atoms with Gasteiger partial charge in [0.2, 0.25) is 11.8 Å². The van der Waals surface area contributed by atoms with Crippen molar-refractivity contribution in [1.29, 1.82) is 0 Å². The molecule has 1 N–H and O–H groups in total. The largest absolute Gasteiger partial charge is 0.478 e. The number of rotatable bonds is 3. The molecule has 6 heteroatoms. The summed E-state index contributed by atoms with van der Waals surface area (Å²) < 4.78 is 5.56. The molecule has 6 nitrogen and oxygen atoms in total. The fraction of sp³-hybridized carbons (Fsp3) is 0.0667. The summed E-state index contributed by atoms with van der Waals surface area (Å²) in [5.74, 6) is -0.566. The number of nitrogens with zero attached hydrogens (tertiary/aromatic N) is 3. The minimum Gasteiger partial charge on any atom is -0.478 e. The SMILES string of the molecule is Cc1ccc(-c2nnc(-c3ccccc3C(=O)O)o2)cn1. The number of aryl methyl sites for hydroxylation is 1. The van der Waals surface area contributed by atoms with Crippen LogP contribution in [0.4, 0.5) is 0 Å². The van der Waals surface area contributed by atoms with E-state index in [1.807, 2.05) is 19.1 Å². The zero-order valence-electron chi connectivity index (χ0n) is 11.1. The standard InChI is InChI=1S/C15H11N3O3/c1-9-6-7-10(8-16-9)13-17-18-14(21-13)11-4-2-3-5-12(11)15(19)20/h2-8H,1H3,(H,19,20). The number of aromatic nitrogens is 3. The van der Waals surface area contributed by atoms with Crippen molar-refractivity contribution in [3.05, 3.63) is 53.9 Å². The van der Waals surface area contributed by atoms with Crippen molar-refractivity contribution in [2.45, 2.75) is 6.92 Å². The fourth-order valence-corrected chi connectivity index (χ4v) is 1.90. The van der Waals surface area contributed by atoms with Crippen molar-refractivity contribution in [1.82, 2.24) is 15.2 Å². The van der Waals surface area contributed by atoms with Crippen molar-refractivity contribution in [3.63, 3.8) is 0 Å². The van der Waals surface area contributed by atoms with Crippen LogP contribution in [-0.2, 0) is 0 Å². The molecule has 0 bridgehead atoms. The van der Waals surface area contributed by atoms with E-state index in [9.17, 15) is 9.90 Å². The number of pyridine rings is 1. The maximum absolute atomic E-state index is 11.2. The molecule has 1 aromatic carbocycles. The van der Waals surface area contributed by atoms with Crippen LogP contribution in [0.3, 0.4) is 0 Å². The molecule has 0 radical (unpaired) electrons. The first-order chi connectivity index (χ1) is 10.1. The first-order valence-corrected chi connectivity index (χ1v) is 6.24. The highest BCUT2D eigenvalue weighted by atomic mass is 16.4. The first-order valence-electron chi connectivity index (χ1n) is 6.24. The topological polar surface area (TPSA) is 89.1 Å². The van der Waals surface area contributed by atoms with Crippen LogP contribution >= 0.6 is 0 Å². The molecule has 0 aliphatic rings. The van der Waals surface area contributed by atoms with E-state index in [-0.39, 0.29) is 11.5 Å². The van der Waals surface area contributed by atoms with Crippen molar-refractivity contribution < 1.29 is 14.3 Å². The van der Waals surface area contributed by atoms with Crippen LogP contribution in [0, 0.1) is 6.92 Å². The van der Waals surface area contributed by atoms with Gasteiger partial charge in [-0.1, -0.05) is 12.1 Å². The predicted octanol–water partition coefficient (Wildman–Crippen LogP) is 2.81. The Balaban J connectivity index is 2.03. The molecule has 3 aromatic rings. The van der Waals surface area contributed by atoms with Crippen molar-refractivity contribution >= 4 is 5.97 Å². The molecular formula is C15H11N3O3. The van der Waals surface area contributed by atoms with E-state index in [0.29, 0.717) is 17.0 Å². The van der Waals surface area contributed by atoms with Crippen molar-refractivity contribution in [2.24, 2.45) is 0 Å². The number of benzene rings is 1. The van der Waals surface area contributed by atoms with E-state index in [0.717, 1.165) is 5.69 Å². The summed E-state index contributed by atoms with van der Waals surface area (Å²) in [7, 11) is 0. The first kappa shape index (κ1) is 13.0. The molecule has 0 saturated carbocycles. The van der Waals surface area contributed by atoms with Crippen molar-refractivity contribution in [3.8, 4) is 22.9 Å². The summed E-state index contributed by atoms with van der Waals surface area (Å²) >= 11 is 0. The molecule has 0 fully saturated rings. The number of hydrogen-bond acceptors (Lipinski definition) is 5. The summed E-state index contributed by atoms with van der Waals surface area (Å²) in [6, 6.07) is 10.2. The van der Waals surface area contributed by atoms with Gasteiger partial charge in [0.15, 0.2) is 0 Å². The normalized spacial score (nSPS) is 10.5. The second-order valence-corrected chi connectivity index (χ2v) is 4.45. The monoisotopic (exact) mass is 281 g/mol. The molecule has 0 atom stereocenters. The molecule has 0 spiro atoms. The third-order valence-electron chi connectivity index (χ3n) is 2.97. The lowest BCUT2D eigenvalue weighted by atomic mass is 10.1. The van der Waals surface area contributed by atoms with E-state index in [1.54, 1.807) is 24.4 Å². The molecule has 0 saturated heterocycles. The lowest BCUT2D eigenvalue weighted by Gasteiger charge is -2.00. The Labute approximate surface area is 120 Å². The summed E-state index contributed by atoms with van der Waals surface area (Å²) in [4.78, 5) is 15.4. The summed E-state index contributed by atoms with van der Waals surface area (Å²) in [5.41, 5.74) is 2.08. The average molecular weight is 281 g/mol. The quantitative estimate of drug-likeness (QED) is 0.794. The Morgan fingerprint density at radius 3 is 2.57 bits per heavy atom. The molecule has 2 aromatic heterocycles. The van der Waals surface area contributed by atoms with Gasteiger partial charge in [0.1, 0.15) is 0 Å². The summed E-state index contributed by atoms with van der Waals surface area (Å²) in [6.07, 6.45) is 1.63. The third kappa shape index (κ3) is 2.51. The second kappa shape index (κ2) is 5.16. The van der Waals surface area contributed by atoms with Gasteiger partial charge in [-0.2, -0.15) is 0 Å². The van der Waals surface area contributed by atoms with Gasteiger partial charge in [-0.05, 0) is 31.2 Å². The predicted molar refractivity (Wildman–Crippen MR) is 74.7 cm³/mol. The Hall–Kier alpha value is -3.02. The molecular weight excluding hydrogens is 270 g/mol. The molecule has 104 valence electrons. The highest BCUT2D eigenvalue weighted by Gasteiger charge is 2.17. The third-order valence-corrected chi connectivity index (χ3v) is 2.97. The van der Waals surface area contributed by atoms with E-state index in [1.165, 1.54) is 6.07 Å². The van der Waals surface area contributed by atoms with Crippen molar-refractivity contribution in [2.75, 3.05) is 0 Å². The highest BCUT2D eigenvalue weighted by Crippen LogP contribution is 2.26. The molecule has 0 unspecified atom stereocenters. The number of carboxylic acids is 1. The fourth-order valence-electron chi connectivity index (χ4n) is 1.90. The van der Waals surface area contributed by atoms with Crippen LogP contribution in [-0.4, -0.2) is 26.3 Å². The maximum Gasteiger partial charge on any atom is 0.336 e. The van der Waals surface area contributed by atoms with Crippen LogP contribution in [0.15, 0.2) is 47.0 Å². The molecule has 3 rings (SSSR count). The minimum absolute atomic E-state index is 0.120. The lowest BCUT2D eigenvalue weighted by Crippen LogP contribution is -1.98. The van der Waals surface area contributed by atoms with E-state index >= 15 is 0 Å². The summed E-state index contributed by atoms with van der Waals surface area (Å²) in [5, 5.41) is 17.0. The number of carboxylic acid groups (broad SMARTS) is 1. The van der Waals surface area contributed by atoms with Gasteiger partial charge in [0.25, 0.3) is 0 Å². The Morgan fingerprint density at radius 1 is 1.10 bits per heavy atom. The van der Waals surface area contributed by atoms with Gasteiger partial charge in [-0.3, -0.25) is 4.98 Å². The molecule has 2 heterocycles. The van der Waals surface area contributed by atoms with Crippen LogP contribution < -0.4 is 0 Å². The van der Waals surface area contributed by atoms with Crippen LogP contribution in [0.5, 0.6) is 0 Å². The van der Waals surface area contributed by atoms with Gasteiger partial charge < -0.3 is 9.52 Å².